The van der Waals surface area contributed by atoms with Crippen LogP contribution in [0.25, 0.3) is 0 Å². The van der Waals surface area contributed by atoms with Crippen LogP contribution >= 0.6 is 11.3 Å². The van der Waals surface area contributed by atoms with Crippen LogP contribution in [0, 0.1) is 5.38 Å². The summed E-state index contributed by atoms with van der Waals surface area (Å²) >= 11 is 1.56. The fourth-order valence-corrected chi connectivity index (χ4v) is 1.51. The van der Waals surface area contributed by atoms with Crippen molar-refractivity contribution in [3.05, 3.63) is 16.8 Å². The van der Waals surface area contributed by atoms with Gasteiger partial charge >= 0.3 is 0 Å². The molecule has 0 spiro atoms. The molecule has 0 saturated carbocycles. The zero-order valence-corrected chi connectivity index (χ0v) is 13.1. The molecule has 0 bridgehead atoms. The van der Waals surface area contributed by atoms with E-state index in [9.17, 15) is 0 Å². The largest absolute Gasteiger partial charge is 1.00 e. The van der Waals surface area contributed by atoms with Gasteiger partial charge in [0, 0.05) is 19.5 Å². The molecule has 1 aromatic rings. The van der Waals surface area contributed by atoms with Gasteiger partial charge in [-0.3, -0.25) is 0 Å². The van der Waals surface area contributed by atoms with Crippen molar-refractivity contribution >= 4 is 11.3 Å². The van der Waals surface area contributed by atoms with Crippen molar-refractivity contribution in [3.63, 3.8) is 0 Å². The predicted octanol–water partition coefficient (Wildman–Crippen LogP) is 0.509. The van der Waals surface area contributed by atoms with Crippen LogP contribution in [-0.2, 0) is 19.5 Å². The number of ether oxygens (including phenoxy) is 1. The van der Waals surface area contributed by atoms with E-state index in [0.717, 1.165) is 18.8 Å². The minimum Gasteiger partial charge on any atom is -1.00 e. The Hall–Kier alpha value is 0.413. The molecular weight excluding hydrogens is 269 g/mol. The Morgan fingerprint density at radius 3 is 2.71 bits per heavy atom. The van der Waals surface area contributed by atoms with Crippen molar-refractivity contribution in [3.8, 4) is 5.75 Å². The average Bonchev–Trinajstić information content (AvgIpc) is 2.57. The van der Waals surface area contributed by atoms with E-state index < -0.39 is 0 Å². The molecule has 1 rings (SSSR count). The van der Waals surface area contributed by atoms with Gasteiger partial charge in [-0.25, -0.2) is 0 Å². The molecular formula is C10H15ClOSZn-. The third kappa shape index (κ3) is 7.78. The molecule has 0 atom stereocenters. The molecule has 0 fully saturated rings. The van der Waals surface area contributed by atoms with Gasteiger partial charge in [-0.1, -0.05) is 26.2 Å². The molecule has 0 aliphatic rings. The molecule has 1 radical (unpaired) electrons. The first kappa shape index (κ1) is 16.8. The predicted molar refractivity (Wildman–Crippen MR) is 52.8 cm³/mol. The van der Waals surface area contributed by atoms with Gasteiger partial charge in [-0.2, -0.15) is 0 Å². The number of unbranched alkanes of at least 4 members (excludes halogenated alkanes) is 3. The summed E-state index contributed by atoms with van der Waals surface area (Å²) in [5.41, 5.74) is 0. The quantitative estimate of drug-likeness (QED) is 0.546. The molecule has 77 valence electrons. The summed E-state index contributed by atoms with van der Waals surface area (Å²) in [7, 11) is 0. The van der Waals surface area contributed by atoms with E-state index in [1.165, 1.54) is 19.3 Å². The maximum Gasteiger partial charge on any atom is 0.138 e. The van der Waals surface area contributed by atoms with Crippen LogP contribution in [0.1, 0.15) is 32.6 Å². The van der Waals surface area contributed by atoms with Crippen molar-refractivity contribution in [1.29, 1.82) is 0 Å². The van der Waals surface area contributed by atoms with E-state index in [1.807, 2.05) is 11.4 Å². The second-order valence-corrected chi connectivity index (χ2v) is 3.51. The van der Waals surface area contributed by atoms with Crippen molar-refractivity contribution < 1.29 is 36.6 Å². The van der Waals surface area contributed by atoms with Crippen molar-refractivity contribution in [1.82, 2.24) is 0 Å². The van der Waals surface area contributed by atoms with Gasteiger partial charge in [-0.15, -0.1) is 11.3 Å². The SMILES string of the molecule is CCCCCCOc1[c]scc1.[Cl-].[Zn]. The Morgan fingerprint density at radius 1 is 1.36 bits per heavy atom. The molecule has 0 aromatic carbocycles. The van der Waals surface area contributed by atoms with Crippen LogP contribution in [0.15, 0.2) is 11.4 Å². The van der Waals surface area contributed by atoms with Crippen LogP contribution in [-0.4, -0.2) is 6.61 Å². The summed E-state index contributed by atoms with van der Waals surface area (Å²) in [4.78, 5) is 0. The summed E-state index contributed by atoms with van der Waals surface area (Å²) in [6.07, 6.45) is 5.04. The summed E-state index contributed by atoms with van der Waals surface area (Å²) in [6, 6.07) is 1.96. The summed E-state index contributed by atoms with van der Waals surface area (Å²) in [5.74, 6) is 0.900. The van der Waals surface area contributed by atoms with Crippen LogP contribution in [0.5, 0.6) is 5.75 Å². The molecule has 0 aliphatic heterocycles. The Morgan fingerprint density at radius 2 is 2.14 bits per heavy atom. The van der Waals surface area contributed by atoms with Crippen molar-refractivity contribution in [2.24, 2.45) is 0 Å². The fraction of sp³-hybridized carbons (Fsp3) is 0.600. The summed E-state index contributed by atoms with van der Waals surface area (Å²) < 4.78 is 5.45. The van der Waals surface area contributed by atoms with E-state index >= 15 is 0 Å². The van der Waals surface area contributed by atoms with Crippen LogP contribution in [0.3, 0.4) is 0 Å². The molecule has 14 heavy (non-hydrogen) atoms. The zero-order chi connectivity index (χ0) is 8.65. The topological polar surface area (TPSA) is 9.23 Å². The van der Waals surface area contributed by atoms with Crippen LogP contribution < -0.4 is 17.1 Å². The fourth-order valence-electron chi connectivity index (χ4n) is 1.01. The first-order valence-electron chi connectivity index (χ1n) is 4.51. The Bertz CT molecular complexity index is 192. The van der Waals surface area contributed by atoms with Gasteiger partial charge in [0.2, 0.25) is 0 Å². The van der Waals surface area contributed by atoms with E-state index in [0.29, 0.717) is 0 Å². The van der Waals surface area contributed by atoms with Gasteiger partial charge in [0.1, 0.15) is 5.75 Å². The molecule has 0 saturated heterocycles. The number of thiophene rings is 1. The summed E-state index contributed by atoms with van der Waals surface area (Å²) in [6.45, 7) is 3.06. The van der Waals surface area contributed by atoms with Crippen LogP contribution in [0.2, 0.25) is 0 Å². The number of hydrogen-bond donors (Lipinski definition) is 0. The van der Waals surface area contributed by atoms with Gasteiger partial charge in [0.25, 0.3) is 0 Å². The van der Waals surface area contributed by atoms with Crippen molar-refractivity contribution in [2.75, 3.05) is 6.61 Å². The van der Waals surface area contributed by atoms with E-state index in [-0.39, 0.29) is 31.9 Å². The number of rotatable bonds is 6. The van der Waals surface area contributed by atoms with Crippen LogP contribution in [0.4, 0.5) is 0 Å². The first-order valence-corrected chi connectivity index (χ1v) is 5.39. The molecule has 0 aliphatic carbocycles. The molecule has 1 heterocycles. The molecule has 0 N–H and O–H groups in total. The average molecular weight is 284 g/mol. The maximum absolute atomic E-state index is 5.45. The Kier molecular flexibility index (Phi) is 13.8. The third-order valence-electron chi connectivity index (χ3n) is 1.70. The van der Waals surface area contributed by atoms with E-state index in [2.05, 4.69) is 12.3 Å². The second-order valence-electron chi connectivity index (χ2n) is 2.80. The Balaban J connectivity index is 0. The van der Waals surface area contributed by atoms with Gasteiger partial charge in [0.15, 0.2) is 0 Å². The minimum atomic E-state index is 0. The van der Waals surface area contributed by atoms with Gasteiger partial charge < -0.3 is 17.1 Å². The Labute approximate surface area is 109 Å². The van der Waals surface area contributed by atoms with Gasteiger partial charge in [-0.05, 0) is 17.9 Å². The molecule has 4 heteroatoms. The smallest absolute Gasteiger partial charge is 0.138 e. The standard InChI is InChI=1S/C10H15OS.ClH.Zn/c1-2-3-4-5-7-11-10-6-8-12-9-10;;/h6,8H,2-5,7H2,1H3;1H;/p-1. The molecule has 0 unspecified atom stereocenters. The second kappa shape index (κ2) is 11.5. The number of hydrogen-bond acceptors (Lipinski definition) is 2. The van der Waals surface area contributed by atoms with E-state index in [1.54, 1.807) is 11.3 Å². The normalized spacial score (nSPS) is 8.64. The molecule has 0 amide bonds. The van der Waals surface area contributed by atoms with E-state index in [4.69, 9.17) is 4.74 Å². The maximum atomic E-state index is 5.45. The first-order chi connectivity index (χ1) is 5.93. The third-order valence-corrected chi connectivity index (χ3v) is 2.29. The van der Waals surface area contributed by atoms with Crippen molar-refractivity contribution in [2.45, 2.75) is 32.6 Å². The zero-order valence-electron chi connectivity index (χ0n) is 8.59. The molecule has 1 nitrogen and oxygen atoms in total. The summed E-state index contributed by atoms with van der Waals surface area (Å²) in [5, 5.41) is 5.03. The number of halogens is 1. The molecule has 1 aromatic heterocycles. The van der Waals surface area contributed by atoms with Gasteiger partial charge in [0.05, 0.1) is 12.0 Å². The minimum absolute atomic E-state index is 0. The monoisotopic (exact) mass is 282 g/mol.